The van der Waals surface area contributed by atoms with Crippen LogP contribution in [0.25, 0.3) is 0 Å². The quantitative estimate of drug-likeness (QED) is 0.253. The van der Waals surface area contributed by atoms with Gasteiger partial charge < -0.3 is 10.0 Å². The van der Waals surface area contributed by atoms with E-state index >= 15 is 0 Å². The van der Waals surface area contributed by atoms with Crippen molar-refractivity contribution in [1.82, 2.24) is 4.90 Å². The van der Waals surface area contributed by atoms with E-state index in [2.05, 4.69) is 18.7 Å². The van der Waals surface area contributed by atoms with E-state index in [0.717, 1.165) is 77.0 Å². The molecule has 2 heteroatoms. The maximum Gasteiger partial charge on any atom is 0.0647 e. The smallest absolute Gasteiger partial charge is 0.0647 e. The van der Waals surface area contributed by atoms with Crippen molar-refractivity contribution in [2.24, 2.45) is 0 Å². The van der Waals surface area contributed by atoms with Crippen LogP contribution in [0.2, 0.25) is 0 Å². The molecule has 0 saturated heterocycles. The zero-order valence-corrected chi connectivity index (χ0v) is 17.5. The molecule has 0 amide bonds. The monoisotopic (exact) mass is 357 g/mol. The lowest BCUT2D eigenvalue weighted by molar-refractivity contribution is 0.00667. The van der Waals surface area contributed by atoms with Crippen molar-refractivity contribution in [3.8, 4) is 0 Å². The Morgan fingerprint density at radius 1 is 0.640 bits per heavy atom. The summed E-state index contributed by atoms with van der Waals surface area (Å²) in [5.74, 6) is 0. The van der Waals surface area contributed by atoms with E-state index < -0.39 is 5.60 Å². The Labute approximate surface area is 162 Å². The standard InChI is InChI=1S/C23H49NO/c1-5-9-11-13-17-23(25,18-14-12-10-6-2)19-15-16-22-24(20-7-3)21-8-4/h25H,5-22H2,1-4H3/i1D,2D. The maximum atomic E-state index is 11.2. The molecule has 0 heterocycles. The van der Waals surface area contributed by atoms with Crippen molar-refractivity contribution < 1.29 is 7.85 Å². The van der Waals surface area contributed by atoms with Gasteiger partial charge in [0.1, 0.15) is 0 Å². The van der Waals surface area contributed by atoms with Gasteiger partial charge in [0.05, 0.1) is 5.60 Å². The highest BCUT2D eigenvalue weighted by molar-refractivity contribution is 4.79. The summed E-state index contributed by atoms with van der Waals surface area (Å²) in [6.07, 6.45) is 16.3. The third-order valence-corrected chi connectivity index (χ3v) is 5.23. The fourth-order valence-electron chi connectivity index (χ4n) is 3.75. The van der Waals surface area contributed by atoms with Crippen molar-refractivity contribution in [3.63, 3.8) is 0 Å². The molecule has 0 saturated carbocycles. The van der Waals surface area contributed by atoms with Crippen molar-refractivity contribution >= 4 is 0 Å². The van der Waals surface area contributed by atoms with E-state index in [1.807, 2.05) is 0 Å². The Hall–Kier alpha value is -0.0800. The minimum absolute atomic E-state index is 0.484. The SMILES string of the molecule is [2H]CCCCCCC(O)(CCCCCC[2H])CCCCN(CCC)CCC. The average molecular weight is 358 g/mol. The molecule has 0 atom stereocenters. The van der Waals surface area contributed by atoms with Crippen LogP contribution in [0.5, 0.6) is 0 Å². The van der Waals surface area contributed by atoms with Crippen molar-refractivity contribution in [1.29, 1.82) is 0 Å². The summed E-state index contributed by atoms with van der Waals surface area (Å²) in [6, 6.07) is 0. The van der Waals surface area contributed by atoms with Gasteiger partial charge >= 0.3 is 0 Å². The van der Waals surface area contributed by atoms with E-state index in [-0.39, 0.29) is 0 Å². The summed E-state index contributed by atoms with van der Waals surface area (Å²) in [7, 11) is 0. The molecule has 0 spiro atoms. The molecule has 0 radical (unpaired) electrons. The van der Waals surface area contributed by atoms with Crippen LogP contribution in [0.4, 0.5) is 0 Å². The molecular formula is C23H49NO. The van der Waals surface area contributed by atoms with Gasteiger partial charge in [0.25, 0.3) is 0 Å². The van der Waals surface area contributed by atoms with Crippen molar-refractivity contribution in [2.45, 2.75) is 130 Å². The minimum atomic E-state index is -0.484. The van der Waals surface area contributed by atoms with Gasteiger partial charge in [0.2, 0.25) is 0 Å². The highest BCUT2D eigenvalue weighted by Gasteiger charge is 2.25. The molecule has 1 N–H and O–H groups in total. The van der Waals surface area contributed by atoms with Crippen LogP contribution in [0.1, 0.15) is 127 Å². The molecule has 0 rings (SSSR count). The molecule has 0 aliphatic rings. The third-order valence-electron chi connectivity index (χ3n) is 5.23. The van der Waals surface area contributed by atoms with Crippen molar-refractivity contribution in [2.75, 3.05) is 19.6 Å². The van der Waals surface area contributed by atoms with Gasteiger partial charge in [-0.25, -0.2) is 0 Å². The molecule has 25 heavy (non-hydrogen) atoms. The Kier molecular flexibility index (Phi) is 14.7. The zero-order valence-electron chi connectivity index (χ0n) is 19.5. The summed E-state index contributed by atoms with van der Waals surface area (Å²) in [5, 5.41) is 11.2. The first-order valence-corrected chi connectivity index (χ1v) is 11.1. The van der Waals surface area contributed by atoms with Crippen LogP contribution in [-0.4, -0.2) is 35.2 Å². The maximum absolute atomic E-state index is 11.2. The Morgan fingerprint density at radius 2 is 1.12 bits per heavy atom. The second kappa shape index (κ2) is 17.3. The molecule has 0 aliphatic heterocycles. The number of unbranched alkanes of at least 4 members (excludes halogenated alkanes) is 7. The molecule has 0 aromatic rings. The first kappa shape index (κ1) is 21.2. The molecule has 0 fully saturated rings. The summed E-state index contributed by atoms with van der Waals surface area (Å²) in [4.78, 5) is 2.57. The second-order valence-corrected chi connectivity index (χ2v) is 7.85. The van der Waals surface area contributed by atoms with Crippen LogP contribution >= 0.6 is 0 Å². The number of hydrogen-bond acceptors (Lipinski definition) is 2. The minimum Gasteiger partial charge on any atom is -0.390 e. The number of hydrogen-bond donors (Lipinski definition) is 1. The zero-order chi connectivity index (χ0) is 20.2. The lowest BCUT2D eigenvalue weighted by Gasteiger charge is -2.29. The molecule has 0 aromatic heterocycles. The Morgan fingerprint density at radius 3 is 1.56 bits per heavy atom. The molecular weight excluding hydrogens is 306 g/mol. The fourth-order valence-corrected chi connectivity index (χ4v) is 3.75. The van der Waals surface area contributed by atoms with Crippen LogP contribution in [-0.2, 0) is 0 Å². The average Bonchev–Trinajstić information content (AvgIpc) is 2.65. The predicted molar refractivity (Wildman–Crippen MR) is 113 cm³/mol. The fraction of sp³-hybridized carbons (Fsp3) is 1.00. The van der Waals surface area contributed by atoms with E-state index in [1.165, 1.54) is 38.9 Å². The van der Waals surface area contributed by atoms with E-state index in [1.54, 1.807) is 0 Å². The summed E-state index contributed by atoms with van der Waals surface area (Å²) in [5.41, 5.74) is -0.484. The van der Waals surface area contributed by atoms with Gasteiger partial charge in [-0.2, -0.15) is 0 Å². The summed E-state index contributed by atoms with van der Waals surface area (Å²) >= 11 is 0. The van der Waals surface area contributed by atoms with Gasteiger partial charge in [-0.05, 0) is 64.6 Å². The Bertz CT molecular complexity index is 282. The molecule has 152 valence electrons. The lowest BCUT2D eigenvalue weighted by atomic mass is 9.85. The Balaban J connectivity index is 4.24. The molecule has 0 aromatic carbocycles. The number of aliphatic hydroxyl groups is 1. The highest BCUT2D eigenvalue weighted by Crippen LogP contribution is 2.28. The normalized spacial score (nSPS) is 13.3. The van der Waals surface area contributed by atoms with Gasteiger partial charge in [-0.3, -0.25) is 0 Å². The first-order chi connectivity index (χ1) is 13.1. The summed E-state index contributed by atoms with van der Waals surface area (Å²) in [6.45, 7) is 9.14. The lowest BCUT2D eigenvalue weighted by Crippen LogP contribution is -2.30. The molecule has 0 bridgehead atoms. The molecule has 0 aliphatic carbocycles. The van der Waals surface area contributed by atoms with Gasteiger partial charge in [-0.1, -0.05) is 79.0 Å². The van der Waals surface area contributed by atoms with Gasteiger partial charge in [0, 0.05) is 2.74 Å². The van der Waals surface area contributed by atoms with Crippen LogP contribution in [0.15, 0.2) is 0 Å². The number of rotatable bonds is 19. The van der Waals surface area contributed by atoms with Crippen LogP contribution in [0, 0.1) is 0 Å². The van der Waals surface area contributed by atoms with Crippen LogP contribution < -0.4 is 0 Å². The topological polar surface area (TPSA) is 23.5 Å². The first-order valence-electron chi connectivity index (χ1n) is 12.6. The highest BCUT2D eigenvalue weighted by atomic mass is 16.3. The van der Waals surface area contributed by atoms with Gasteiger partial charge in [-0.15, -0.1) is 0 Å². The van der Waals surface area contributed by atoms with Gasteiger partial charge in [0.15, 0.2) is 0 Å². The number of nitrogens with zero attached hydrogens (tertiary/aromatic N) is 1. The van der Waals surface area contributed by atoms with E-state index in [4.69, 9.17) is 2.74 Å². The van der Waals surface area contributed by atoms with Crippen LogP contribution in [0.3, 0.4) is 0 Å². The predicted octanol–water partition coefficient (Wildman–Crippen LogP) is 6.95. The molecule has 0 unspecified atom stereocenters. The molecule has 2 nitrogen and oxygen atoms in total. The second-order valence-electron chi connectivity index (χ2n) is 7.85. The third kappa shape index (κ3) is 14.7. The van der Waals surface area contributed by atoms with Crippen molar-refractivity contribution in [3.05, 3.63) is 0 Å². The van der Waals surface area contributed by atoms with E-state index in [0.29, 0.717) is 13.8 Å². The largest absolute Gasteiger partial charge is 0.390 e. The van der Waals surface area contributed by atoms with E-state index in [9.17, 15) is 5.11 Å². The summed E-state index contributed by atoms with van der Waals surface area (Å²) < 4.78 is 14.5.